The van der Waals surface area contributed by atoms with Crippen LogP contribution in [0, 0.1) is 0 Å². The minimum Gasteiger partial charge on any atom is -0.479 e. The minimum atomic E-state index is -1.11. The molecule has 0 unspecified atom stereocenters. The molecule has 0 aliphatic carbocycles. The molecule has 14 heavy (non-hydrogen) atoms. The summed E-state index contributed by atoms with van der Waals surface area (Å²) in [5.74, 6) is 0.489. The highest BCUT2D eigenvalue weighted by Crippen LogP contribution is 2.06. The van der Waals surface area contributed by atoms with Crippen molar-refractivity contribution in [1.29, 1.82) is 0 Å². The number of carbonyl (C=O) groups is 2. The van der Waals surface area contributed by atoms with Crippen LogP contribution in [0.3, 0.4) is 0 Å². The fourth-order valence-electron chi connectivity index (χ4n) is 0.779. The Morgan fingerprint density at radius 1 is 1.36 bits per heavy atom. The first-order chi connectivity index (χ1) is 6.66. The lowest BCUT2D eigenvalue weighted by atomic mass is 10.3. The van der Waals surface area contributed by atoms with Crippen LogP contribution in [0.1, 0.15) is 26.2 Å². The predicted octanol–water partition coefficient (Wildman–Crippen LogP) is 1.54. The lowest BCUT2D eigenvalue weighted by molar-refractivity contribution is -0.155. The van der Waals surface area contributed by atoms with Crippen molar-refractivity contribution >= 4 is 23.7 Å². The number of esters is 1. The van der Waals surface area contributed by atoms with Gasteiger partial charge in [0, 0.05) is 6.42 Å². The van der Waals surface area contributed by atoms with E-state index in [-0.39, 0.29) is 0 Å². The number of carboxylic acids is 1. The highest BCUT2D eigenvalue weighted by atomic mass is 32.2. The van der Waals surface area contributed by atoms with Crippen molar-refractivity contribution in [1.82, 2.24) is 0 Å². The highest BCUT2D eigenvalue weighted by Gasteiger charge is 2.04. The van der Waals surface area contributed by atoms with E-state index in [1.165, 1.54) is 0 Å². The van der Waals surface area contributed by atoms with Gasteiger partial charge in [-0.3, -0.25) is 4.79 Å². The number of hydrogen-bond donors (Lipinski definition) is 1. The highest BCUT2D eigenvalue weighted by molar-refractivity contribution is 7.99. The van der Waals surface area contributed by atoms with Crippen LogP contribution in [0.25, 0.3) is 0 Å². The van der Waals surface area contributed by atoms with Crippen molar-refractivity contribution in [3.05, 3.63) is 0 Å². The summed E-state index contributed by atoms with van der Waals surface area (Å²) in [5.41, 5.74) is 0. The maximum Gasteiger partial charge on any atom is 0.341 e. The van der Waals surface area contributed by atoms with Crippen LogP contribution in [0.2, 0.25) is 0 Å². The van der Waals surface area contributed by atoms with E-state index in [0.717, 1.165) is 24.3 Å². The quantitative estimate of drug-likeness (QED) is 0.496. The van der Waals surface area contributed by atoms with Crippen LogP contribution in [0.5, 0.6) is 0 Å². The smallest absolute Gasteiger partial charge is 0.341 e. The molecule has 0 amide bonds. The molecule has 0 aliphatic rings. The molecule has 4 nitrogen and oxygen atoms in total. The standard InChI is InChI=1S/C9H16O4S/c1-2-5-14-6-3-4-9(12)13-7-8(10)11/h2-7H2,1H3,(H,10,11). The Labute approximate surface area is 88.0 Å². The molecule has 0 aromatic heterocycles. The second kappa shape index (κ2) is 8.87. The first kappa shape index (κ1) is 13.3. The first-order valence-corrected chi connectivity index (χ1v) is 5.77. The molecule has 5 heteroatoms. The van der Waals surface area contributed by atoms with Gasteiger partial charge in [-0.1, -0.05) is 6.92 Å². The van der Waals surface area contributed by atoms with E-state index in [9.17, 15) is 9.59 Å². The number of aliphatic carboxylic acids is 1. The molecular weight excluding hydrogens is 204 g/mol. The van der Waals surface area contributed by atoms with E-state index in [2.05, 4.69) is 11.7 Å². The molecule has 82 valence electrons. The lowest BCUT2D eigenvalue weighted by Crippen LogP contribution is -2.12. The van der Waals surface area contributed by atoms with E-state index in [0.29, 0.717) is 6.42 Å². The molecule has 0 aromatic carbocycles. The van der Waals surface area contributed by atoms with Crippen LogP contribution in [-0.2, 0) is 14.3 Å². The van der Waals surface area contributed by atoms with Gasteiger partial charge in [0.25, 0.3) is 0 Å². The number of carbonyl (C=O) groups excluding carboxylic acids is 1. The third-order valence-electron chi connectivity index (χ3n) is 1.37. The largest absolute Gasteiger partial charge is 0.479 e. The Bertz CT molecular complexity index is 182. The summed E-state index contributed by atoms with van der Waals surface area (Å²) in [4.78, 5) is 20.9. The maximum atomic E-state index is 10.9. The van der Waals surface area contributed by atoms with Gasteiger partial charge in [0.15, 0.2) is 6.61 Å². The van der Waals surface area contributed by atoms with Crippen molar-refractivity contribution < 1.29 is 19.4 Å². The number of hydrogen-bond acceptors (Lipinski definition) is 4. The minimum absolute atomic E-state index is 0.310. The van der Waals surface area contributed by atoms with E-state index in [1.54, 1.807) is 11.8 Å². The zero-order valence-corrected chi connectivity index (χ0v) is 9.14. The number of rotatable bonds is 8. The van der Waals surface area contributed by atoms with Gasteiger partial charge < -0.3 is 9.84 Å². The van der Waals surface area contributed by atoms with E-state index >= 15 is 0 Å². The Hall–Kier alpha value is -0.710. The number of carboxylic acid groups (broad SMARTS) is 1. The Kier molecular flexibility index (Phi) is 8.42. The summed E-state index contributed by atoms with van der Waals surface area (Å²) in [6.45, 7) is 1.58. The van der Waals surface area contributed by atoms with E-state index < -0.39 is 18.5 Å². The van der Waals surface area contributed by atoms with Crippen molar-refractivity contribution in [3.8, 4) is 0 Å². The van der Waals surface area contributed by atoms with Crippen LogP contribution in [-0.4, -0.2) is 35.2 Å². The number of thioether (sulfide) groups is 1. The van der Waals surface area contributed by atoms with Crippen molar-refractivity contribution in [3.63, 3.8) is 0 Å². The average molecular weight is 220 g/mol. The van der Waals surface area contributed by atoms with Crippen molar-refractivity contribution in [2.24, 2.45) is 0 Å². The Morgan fingerprint density at radius 3 is 2.64 bits per heavy atom. The Balaban J connectivity index is 3.22. The van der Waals surface area contributed by atoms with Gasteiger partial charge in [0.05, 0.1) is 0 Å². The van der Waals surface area contributed by atoms with E-state index in [1.807, 2.05) is 0 Å². The SMILES string of the molecule is CCCSCCCC(=O)OCC(=O)O. The predicted molar refractivity (Wildman–Crippen MR) is 55.4 cm³/mol. The van der Waals surface area contributed by atoms with Gasteiger partial charge in [-0.25, -0.2) is 4.79 Å². The topological polar surface area (TPSA) is 63.6 Å². The third-order valence-corrected chi connectivity index (χ3v) is 2.65. The molecule has 0 atom stereocenters. The fourth-order valence-corrected chi connectivity index (χ4v) is 1.62. The molecule has 0 bridgehead atoms. The van der Waals surface area contributed by atoms with Gasteiger partial charge >= 0.3 is 11.9 Å². The molecule has 0 saturated heterocycles. The van der Waals surface area contributed by atoms with Crippen LogP contribution >= 0.6 is 11.8 Å². The third kappa shape index (κ3) is 9.38. The molecule has 0 aliphatic heterocycles. The van der Waals surface area contributed by atoms with Gasteiger partial charge in [-0.05, 0) is 24.3 Å². The summed E-state index contributed by atoms with van der Waals surface area (Å²) >= 11 is 1.80. The van der Waals surface area contributed by atoms with Crippen LogP contribution in [0.4, 0.5) is 0 Å². The molecule has 0 rings (SSSR count). The molecule has 0 saturated carbocycles. The van der Waals surface area contributed by atoms with E-state index in [4.69, 9.17) is 5.11 Å². The van der Waals surface area contributed by atoms with Gasteiger partial charge in [0.1, 0.15) is 0 Å². The summed E-state index contributed by atoms with van der Waals surface area (Å²) in [6.07, 6.45) is 2.20. The van der Waals surface area contributed by atoms with Crippen LogP contribution in [0.15, 0.2) is 0 Å². The summed E-state index contributed by atoms with van der Waals surface area (Å²) in [7, 11) is 0. The summed E-state index contributed by atoms with van der Waals surface area (Å²) < 4.78 is 4.46. The molecule has 0 radical (unpaired) electrons. The normalized spacial score (nSPS) is 9.79. The van der Waals surface area contributed by atoms with Gasteiger partial charge in [-0.15, -0.1) is 0 Å². The van der Waals surface area contributed by atoms with Gasteiger partial charge in [-0.2, -0.15) is 11.8 Å². The summed E-state index contributed by atoms with van der Waals surface area (Å²) in [5, 5.41) is 8.22. The summed E-state index contributed by atoms with van der Waals surface area (Å²) in [6, 6.07) is 0. The second-order valence-electron chi connectivity index (χ2n) is 2.77. The number of ether oxygens (including phenoxy) is 1. The molecule has 0 spiro atoms. The van der Waals surface area contributed by atoms with Crippen LogP contribution < -0.4 is 0 Å². The zero-order chi connectivity index (χ0) is 10.8. The molecule has 1 N–H and O–H groups in total. The zero-order valence-electron chi connectivity index (χ0n) is 8.32. The van der Waals surface area contributed by atoms with Crippen molar-refractivity contribution in [2.75, 3.05) is 18.1 Å². The molecule has 0 fully saturated rings. The monoisotopic (exact) mass is 220 g/mol. The van der Waals surface area contributed by atoms with Gasteiger partial charge in [0.2, 0.25) is 0 Å². The molecule has 0 heterocycles. The van der Waals surface area contributed by atoms with Crippen molar-refractivity contribution in [2.45, 2.75) is 26.2 Å². The average Bonchev–Trinajstić information content (AvgIpc) is 2.14. The lowest BCUT2D eigenvalue weighted by Gasteiger charge is -2.01. The first-order valence-electron chi connectivity index (χ1n) is 4.62. The second-order valence-corrected chi connectivity index (χ2v) is 4.00. The Morgan fingerprint density at radius 2 is 2.07 bits per heavy atom. The maximum absolute atomic E-state index is 10.9. The molecule has 0 aromatic rings. The fraction of sp³-hybridized carbons (Fsp3) is 0.778. The molecular formula is C9H16O4S.